The van der Waals surface area contributed by atoms with E-state index in [2.05, 4.69) is 5.32 Å². The maximum atomic E-state index is 12.0. The van der Waals surface area contributed by atoms with Crippen molar-refractivity contribution >= 4 is 17.7 Å². The number of rotatable bonds is 8. The van der Waals surface area contributed by atoms with Crippen LogP contribution >= 0.6 is 0 Å². The van der Waals surface area contributed by atoms with E-state index in [4.69, 9.17) is 4.84 Å². The Bertz CT molecular complexity index is 536. The molecule has 0 aromatic heterocycles. The molecule has 22 heavy (non-hydrogen) atoms. The SMILES string of the molecule is CCCNC(=O)CCCCON1C(=O)c2ccccc2C1=O. The predicted octanol–water partition coefficient (Wildman–Crippen LogP) is 1.91. The number of hydrogen-bond acceptors (Lipinski definition) is 4. The van der Waals surface area contributed by atoms with Crippen molar-refractivity contribution in [3.63, 3.8) is 0 Å². The van der Waals surface area contributed by atoms with Gasteiger partial charge >= 0.3 is 0 Å². The number of hydrogen-bond donors (Lipinski definition) is 1. The Morgan fingerprint density at radius 3 is 2.36 bits per heavy atom. The van der Waals surface area contributed by atoms with E-state index >= 15 is 0 Å². The minimum atomic E-state index is -0.429. The van der Waals surface area contributed by atoms with E-state index in [0.717, 1.165) is 11.5 Å². The number of carbonyl (C=O) groups excluding carboxylic acids is 3. The van der Waals surface area contributed by atoms with Gasteiger partial charge in [-0.15, -0.1) is 5.06 Å². The zero-order valence-corrected chi connectivity index (χ0v) is 12.6. The highest BCUT2D eigenvalue weighted by molar-refractivity contribution is 6.20. The average Bonchev–Trinajstić information content (AvgIpc) is 2.77. The zero-order valence-electron chi connectivity index (χ0n) is 12.6. The molecule has 0 fully saturated rings. The highest BCUT2D eigenvalue weighted by atomic mass is 16.7. The van der Waals surface area contributed by atoms with Crippen LogP contribution < -0.4 is 5.32 Å². The van der Waals surface area contributed by atoms with Crippen molar-refractivity contribution in [2.75, 3.05) is 13.2 Å². The van der Waals surface area contributed by atoms with Gasteiger partial charge in [0.2, 0.25) is 5.91 Å². The summed E-state index contributed by atoms with van der Waals surface area (Å²) >= 11 is 0. The monoisotopic (exact) mass is 304 g/mol. The Balaban J connectivity index is 1.72. The number of carbonyl (C=O) groups is 3. The van der Waals surface area contributed by atoms with E-state index in [0.29, 0.717) is 36.9 Å². The molecule has 1 aliphatic heterocycles. The van der Waals surface area contributed by atoms with E-state index in [1.165, 1.54) is 0 Å². The van der Waals surface area contributed by atoms with E-state index in [9.17, 15) is 14.4 Å². The molecule has 0 aliphatic carbocycles. The first kappa shape index (κ1) is 16.2. The Morgan fingerprint density at radius 1 is 1.14 bits per heavy atom. The first-order chi connectivity index (χ1) is 10.6. The average molecular weight is 304 g/mol. The molecule has 0 bridgehead atoms. The second-order valence-electron chi connectivity index (χ2n) is 5.09. The van der Waals surface area contributed by atoms with E-state index in [1.807, 2.05) is 6.92 Å². The van der Waals surface area contributed by atoms with Gasteiger partial charge in [-0.2, -0.15) is 0 Å². The smallest absolute Gasteiger partial charge is 0.285 e. The van der Waals surface area contributed by atoms with Gasteiger partial charge in [-0.3, -0.25) is 19.2 Å². The molecule has 6 heteroatoms. The molecule has 2 rings (SSSR count). The van der Waals surface area contributed by atoms with Gasteiger partial charge in [-0.1, -0.05) is 19.1 Å². The lowest BCUT2D eigenvalue weighted by Gasteiger charge is -2.13. The third kappa shape index (κ3) is 3.71. The summed E-state index contributed by atoms with van der Waals surface area (Å²) in [5.41, 5.74) is 0.734. The van der Waals surface area contributed by atoms with Crippen molar-refractivity contribution in [3.05, 3.63) is 35.4 Å². The van der Waals surface area contributed by atoms with Crippen molar-refractivity contribution in [2.45, 2.75) is 32.6 Å². The molecule has 1 aliphatic rings. The van der Waals surface area contributed by atoms with Gasteiger partial charge in [-0.25, -0.2) is 0 Å². The second-order valence-corrected chi connectivity index (χ2v) is 5.09. The summed E-state index contributed by atoms with van der Waals surface area (Å²) in [5, 5.41) is 3.60. The fourth-order valence-electron chi connectivity index (χ4n) is 2.18. The van der Waals surface area contributed by atoms with Crippen LogP contribution in [0.25, 0.3) is 0 Å². The Kier molecular flexibility index (Phi) is 5.66. The van der Waals surface area contributed by atoms with E-state index < -0.39 is 11.8 Å². The molecule has 0 radical (unpaired) electrons. The van der Waals surface area contributed by atoms with E-state index in [1.54, 1.807) is 24.3 Å². The van der Waals surface area contributed by atoms with Crippen LogP contribution in [-0.2, 0) is 9.63 Å². The molecule has 1 aromatic rings. The molecule has 0 spiro atoms. The zero-order chi connectivity index (χ0) is 15.9. The quantitative estimate of drug-likeness (QED) is 0.588. The number of hydroxylamine groups is 2. The summed E-state index contributed by atoms with van der Waals surface area (Å²) in [5.74, 6) is -0.842. The van der Waals surface area contributed by atoms with Crippen LogP contribution in [0.3, 0.4) is 0 Å². The lowest BCUT2D eigenvalue weighted by molar-refractivity contribution is -0.121. The molecule has 1 N–H and O–H groups in total. The van der Waals surface area contributed by atoms with Crippen LogP contribution in [-0.4, -0.2) is 35.9 Å². The number of fused-ring (bicyclic) bond motifs is 1. The highest BCUT2D eigenvalue weighted by Crippen LogP contribution is 2.22. The second kappa shape index (κ2) is 7.70. The summed E-state index contributed by atoms with van der Waals surface area (Å²) in [6.45, 7) is 2.91. The number of nitrogens with zero attached hydrogens (tertiary/aromatic N) is 1. The van der Waals surface area contributed by atoms with Gasteiger partial charge in [0.1, 0.15) is 0 Å². The standard InChI is InChI=1S/C16H20N2O4/c1-2-10-17-14(19)9-5-6-11-22-18-15(20)12-7-3-4-8-13(12)16(18)21/h3-4,7-8H,2,5-6,9-11H2,1H3,(H,17,19). The molecule has 3 amide bonds. The van der Waals surface area contributed by atoms with Crippen molar-refractivity contribution in [1.82, 2.24) is 10.4 Å². The molecule has 0 unspecified atom stereocenters. The van der Waals surface area contributed by atoms with Crippen LogP contribution in [0.4, 0.5) is 0 Å². The van der Waals surface area contributed by atoms with Crippen LogP contribution in [0, 0.1) is 0 Å². The van der Waals surface area contributed by atoms with Crippen molar-refractivity contribution in [3.8, 4) is 0 Å². The number of benzene rings is 1. The third-order valence-corrected chi connectivity index (χ3v) is 3.35. The first-order valence-electron chi connectivity index (χ1n) is 7.52. The summed E-state index contributed by atoms with van der Waals surface area (Å²) < 4.78 is 0. The molecular weight excluding hydrogens is 284 g/mol. The largest absolute Gasteiger partial charge is 0.356 e. The number of unbranched alkanes of at least 4 members (excludes halogenated alkanes) is 1. The van der Waals surface area contributed by atoms with Crippen molar-refractivity contribution in [1.29, 1.82) is 0 Å². The Labute approximate surface area is 129 Å². The molecule has 0 saturated carbocycles. The summed E-state index contributed by atoms with van der Waals surface area (Å²) in [7, 11) is 0. The molecule has 1 heterocycles. The fraction of sp³-hybridized carbons (Fsp3) is 0.438. The lowest BCUT2D eigenvalue weighted by Crippen LogP contribution is -2.30. The third-order valence-electron chi connectivity index (χ3n) is 3.35. The first-order valence-corrected chi connectivity index (χ1v) is 7.52. The molecule has 0 atom stereocenters. The van der Waals surface area contributed by atoms with Gasteiger partial charge in [0.25, 0.3) is 11.8 Å². The van der Waals surface area contributed by atoms with Crippen LogP contribution in [0.15, 0.2) is 24.3 Å². The minimum Gasteiger partial charge on any atom is -0.356 e. The fourth-order valence-corrected chi connectivity index (χ4v) is 2.18. The van der Waals surface area contributed by atoms with Gasteiger partial charge in [0.15, 0.2) is 0 Å². The molecule has 118 valence electrons. The lowest BCUT2D eigenvalue weighted by atomic mass is 10.1. The Morgan fingerprint density at radius 2 is 1.77 bits per heavy atom. The van der Waals surface area contributed by atoms with Crippen molar-refractivity contribution < 1.29 is 19.2 Å². The summed E-state index contributed by atoms with van der Waals surface area (Å²) in [6, 6.07) is 6.64. The molecule has 6 nitrogen and oxygen atoms in total. The number of amides is 3. The maximum Gasteiger partial charge on any atom is 0.285 e. The van der Waals surface area contributed by atoms with Gasteiger partial charge in [-0.05, 0) is 31.4 Å². The van der Waals surface area contributed by atoms with Gasteiger partial charge in [0.05, 0.1) is 17.7 Å². The number of nitrogens with one attached hydrogen (secondary N) is 1. The highest BCUT2D eigenvalue weighted by Gasteiger charge is 2.36. The number of imide groups is 1. The van der Waals surface area contributed by atoms with Crippen LogP contribution in [0.5, 0.6) is 0 Å². The van der Waals surface area contributed by atoms with Crippen molar-refractivity contribution in [2.24, 2.45) is 0 Å². The van der Waals surface area contributed by atoms with Gasteiger partial charge in [0, 0.05) is 13.0 Å². The summed E-state index contributed by atoms with van der Waals surface area (Å²) in [6.07, 6.45) is 2.59. The molecule has 0 saturated heterocycles. The molecule has 1 aromatic carbocycles. The normalized spacial score (nSPS) is 13.4. The van der Waals surface area contributed by atoms with Crippen LogP contribution in [0.2, 0.25) is 0 Å². The van der Waals surface area contributed by atoms with E-state index in [-0.39, 0.29) is 12.5 Å². The topological polar surface area (TPSA) is 75.7 Å². The Hall–Kier alpha value is -2.21. The predicted molar refractivity (Wildman–Crippen MR) is 80.0 cm³/mol. The minimum absolute atomic E-state index is 0.0163. The van der Waals surface area contributed by atoms with Crippen LogP contribution in [0.1, 0.15) is 53.3 Å². The maximum absolute atomic E-state index is 12.0. The molecular formula is C16H20N2O4. The van der Waals surface area contributed by atoms with Gasteiger partial charge < -0.3 is 5.32 Å². The summed E-state index contributed by atoms with van der Waals surface area (Å²) in [4.78, 5) is 40.7.